The molecule has 2 fully saturated rings. The van der Waals surface area contributed by atoms with Crippen molar-refractivity contribution in [3.8, 4) is 0 Å². The van der Waals surface area contributed by atoms with Gasteiger partial charge in [0.15, 0.2) is 0 Å². The predicted octanol–water partition coefficient (Wildman–Crippen LogP) is 2.32. The normalized spacial score (nSPS) is 22.0. The van der Waals surface area contributed by atoms with Crippen LogP contribution in [0, 0.1) is 0 Å². The second-order valence-corrected chi connectivity index (χ2v) is 4.25. The number of rotatable bonds is 0. The topological polar surface area (TPSA) is 23.6 Å². The lowest BCUT2D eigenvalue weighted by Crippen LogP contribution is -2.25. The van der Waals surface area contributed by atoms with Gasteiger partial charge in [0.2, 0.25) is 0 Å². The van der Waals surface area contributed by atoms with E-state index in [-0.39, 0.29) is 6.03 Å². The highest BCUT2D eigenvalue weighted by Gasteiger charge is 2.20. The highest BCUT2D eigenvalue weighted by Crippen LogP contribution is 2.15. The van der Waals surface area contributed by atoms with Crippen molar-refractivity contribution in [2.24, 2.45) is 0 Å². The van der Waals surface area contributed by atoms with Crippen LogP contribution in [0.5, 0.6) is 0 Å². The van der Waals surface area contributed by atoms with Crippen molar-refractivity contribution in [3.05, 3.63) is 0 Å². The molecule has 0 N–H and O–H groups in total. The number of carbonyl (C=O) groups excluding carboxylic acids is 1. The Labute approximate surface area is 87.1 Å². The average Bonchev–Trinajstić information content (AvgIpc) is 2.53. The number of urea groups is 1. The van der Waals surface area contributed by atoms with Crippen molar-refractivity contribution >= 4 is 6.03 Å². The summed E-state index contributed by atoms with van der Waals surface area (Å²) in [6.07, 6.45) is 9.00. The van der Waals surface area contributed by atoms with Crippen molar-refractivity contribution in [3.63, 3.8) is 0 Å². The zero-order valence-corrected chi connectivity index (χ0v) is 9.46. The van der Waals surface area contributed by atoms with Crippen molar-refractivity contribution in [2.75, 3.05) is 27.2 Å². The largest absolute Gasteiger partial charge is 0.326 e. The van der Waals surface area contributed by atoms with Crippen LogP contribution >= 0.6 is 0 Å². The van der Waals surface area contributed by atoms with Crippen LogP contribution in [-0.2, 0) is 0 Å². The monoisotopic (exact) mass is 198 g/mol. The molecule has 2 aliphatic rings. The lowest BCUT2D eigenvalue weighted by molar-refractivity contribution is 0.205. The first kappa shape index (κ1) is 11.3. The molecule has 0 atom stereocenters. The highest BCUT2D eigenvalue weighted by molar-refractivity contribution is 5.75. The van der Waals surface area contributed by atoms with E-state index in [1.807, 2.05) is 14.1 Å². The summed E-state index contributed by atoms with van der Waals surface area (Å²) in [4.78, 5) is 14.2. The van der Waals surface area contributed by atoms with E-state index in [4.69, 9.17) is 0 Å². The molecule has 14 heavy (non-hydrogen) atoms. The fraction of sp³-hybridized carbons (Fsp3) is 0.909. The Morgan fingerprint density at radius 2 is 1.07 bits per heavy atom. The maximum absolute atomic E-state index is 10.8. The van der Waals surface area contributed by atoms with Crippen LogP contribution in [0.15, 0.2) is 0 Å². The van der Waals surface area contributed by atoms with Crippen LogP contribution in [0.4, 0.5) is 4.79 Å². The minimum Gasteiger partial charge on any atom is -0.326 e. The van der Waals surface area contributed by atoms with Crippen molar-refractivity contribution < 1.29 is 4.79 Å². The van der Waals surface area contributed by atoms with Crippen LogP contribution in [0.2, 0.25) is 0 Å². The Morgan fingerprint density at radius 1 is 0.786 bits per heavy atom. The van der Waals surface area contributed by atoms with Crippen molar-refractivity contribution in [1.82, 2.24) is 9.80 Å². The summed E-state index contributed by atoms with van der Waals surface area (Å²) in [6.45, 7) is 1.74. The van der Waals surface area contributed by atoms with E-state index in [0.717, 1.165) is 13.1 Å². The molecule has 82 valence electrons. The highest BCUT2D eigenvalue weighted by atomic mass is 16.2. The van der Waals surface area contributed by atoms with Gasteiger partial charge >= 0.3 is 6.03 Å². The summed E-state index contributed by atoms with van der Waals surface area (Å²) < 4.78 is 0. The van der Waals surface area contributed by atoms with E-state index < -0.39 is 0 Å². The molecule has 3 nitrogen and oxygen atoms in total. The molecule has 0 aromatic carbocycles. The molecule has 1 aliphatic carbocycles. The summed E-state index contributed by atoms with van der Waals surface area (Å²) in [5, 5.41) is 0. The van der Waals surface area contributed by atoms with Crippen LogP contribution in [0.1, 0.15) is 38.5 Å². The number of likely N-dealkylation sites (N-methyl/N-ethyl adjacent to an activating group) is 2. The standard InChI is InChI=1S/C6H12.C5H10N2O/c1-2-4-6-5-3-1;1-6-3-4-7(2)5(6)8/h1-6H2;3-4H2,1-2H3. The second-order valence-electron chi connectivity index (χ2n) is 4.25. The van der Waals surface area contributed by atoms with Crippen molar-refractivity contribution in [2.45, 2.75) is 38.5 Å². The first-order chi connectivity index (χ1) is 6.72. The first-order valence-electron chi connectivity index (χ1n) is 5.68. The lowest BCUT2D eigenvalue weighted by atomic mass is 10.0. The van der Waals surface area contributed by atoms with Crippen LogP contribution < -0.4 is 0 Å². The number of amides is 2. The van der Waals surface area contributed by atoms with E-state index in [1.54, 1.807) is 9.80 Å². The maximum atomic E-state index is 10.8. The molecular weight excluding hydrogens is 176 g/mol. The predicted molar refractivity (Wildman–Crippen MR) is 58.4 cm³/mol. The van der Waals surface area contributed by atoms with Gasteiger partial charge in [-0.15, -0.1) is 0 Å². The Kier molecular flexibility index (Phi) is 4.77. The number of hydrogen-bond acceptors (Lipinski definition) is 1. The van der Waals surface area contributed by atoms with E-state index >= 15 is 0 Å². The molecular formula is C11H22N2O. The zero-order valence-electron chi connectivity index (χ0n) is 9.46. The number of hydrogen-bond donors (Lipinski definition) is 0. The van der Waals surface area contributed by atoms with Gasteiger partial charge in [-0.25, -0.2) is 4.79 Å². The molecule has 1 aliphatic heterocycles. The number of nitrogens with zero attached hydrogens (tertiary/aromatic N) is 2. The maximum Gasteiger partial charge on any atom is 0.319 e. The van der Waals surface area contributed by atoms with E-state index in [1.165, 1.54) is 38.5 Å². The molecule has 2 rings (SSSR count). The molecule has 0 aromatic rings. The SMILES string of the molecule is C1CCCCC1.CN1CCN(C)C1=O. The Hall–Kier alpha value is -0.730. The molecule has 0 spiro atoms. The van der Waals surface area contributed by atoms with Crippen LogP contribution in [0.3, 0.4) is 0 Å². The van der Waals surface area contributed by atoms with Gasteiger partial charge in [0.25, 0.3) is 0 Å². The Balaban J connectivity index is 0.000000146. The summed E-state index contributed by atoms with van der Waals surface area (Å²) >= 11 is 0. The van der Waals surface area contributed by atoms with Gasteiger partial charge in [0.05, 0.1) is 0 Å². The van der Waals surface area contributed by atoms with Gasteiger partial charge in [-0.1, -0.05) is 38.5 Å². The van der Waals surface area contributed by atoms with Crippen LogP contribution in [0.25, 0.3) is 0 Å². The molecule has 3 heteroatoms. The van der Waals surface area contributed by atoms with Gasteiger partial charge in [-0.3, -0.25) is 0 Å². The fourth-order valence-corrected chi connectivity index (χ4v) is 1.84. The zero-order chi connectivity index (χ0) is 10.4. The Bertz CT molecular complexity index is 155. The lowest BCUT2D eigenvalue weighted by Gasteiger charge is -2.07. The average molecular weight is 198 g/mol. The minimum absolute atomic E-state index is 0.130. The van der Waals surface area contributed by atoms with Gasteiger partial charge in [0, 0.05) is 27.2 Å². The molecule has 0 aromatic heterocycles. The fourth-order valence-electron chi connectivity index (χ4n) is 1.84. The molecule has 0 unspecified atom stereocenters. The molecule has 1 saturated heterocycles. The molecule has 0 bridgehead atoms. The summed E-state index contributed by atoms with van der Waals surface area (Å²) in [6, 6.07) is 0.130. The van der Waals surface area contributed by atoms with E-state index in [9.17, 15) is 4.79 Å². The number of carbonyl (C=O) groups is 1. The third-order valence-corrected chi connectivity index (χ3v) is 2.92. The van der Waals surface area contributed by atoms with Gasteiger partial charge in [-0.2, -0.15) is 0 Å². The molecule has 1 heterocycles. The molecule has 0 radical (unpaired) electrons. The first-order valence-corrected chi connectivity index (χ1v) is 5.68. The quantitative estimate of drug-likeness (QED) is 0.586. The Morgan fingerprint density at radius 3 is 1.21 bits per heavy atom. The second kappa shape index (κ2) is 5.89. The third kappa shape index (κ3) is 3.56. The summed E-state index contributed by atoms with van der Waals surface area (Å²) in [5.74, 6) is 0. The van der Waals surface area contributed by atoms with Gasteiger partial charge in [-0.05, 0) is 0 Å². The summed E-state index contributed by atoms with van der Waals surface area (Å²) in [5.41, 5.74) is 0. The van der Waals surface area contributed by atoms with Crippen LogP contribution in [-0.4, -0.2) is 43.0 Å². The molecule has 2 amide bonds. The molecule has 1 saturated carbocycles. The smallest absolute Gasteiger partial charge is 0.319 e. The van der Waals surface area contributed by atoms with Gasteiger partial charge < -0.3 is 9.80 Å². The van der Waals surface area contributed by atoms with Crippen molar-refractivity contribution in [1.29, 1.82) is 0 Å². The third-order valence-electron chi connectivity index (χ3n) is 2.92. The summed E-state index contributed by atoms with van der Waals surface area (Å²) in [7, 11) is 3.62. The van der Waals surface area contributed by atoms with E-state index in [0.29, 0.717) is 0 Å². The van der Waals surface area contributed by atoms with E-state index in [2.05, 4.69) is 0 Å². The van der Waals surface area contributed by atoms with Gasteiger partial charge in [0.1, 0.15) is 0 Å². The minimum atomic E-state index is 0.130.